The van der Waals surface area contributed by atoms with Gasteiger partial charge in [0.05, 0.1) is 27.4 Å². The number of carbonyl (C=O) groups is 1. The lowest BCUT2D eigenvalue weighted by Crippen LogP contribution is -2.17. The summed E-state index contributed by atoms with van der Waals surface area (Å²) in [5.74, 6) is 0.0751. The van der Waals surface area contributed by atoms with Gasteiger partial charge in [-0.05, 0) is 35.0 Å². The maximum atomic E-state index is 11.7. The first-order valence-corrected chi connectivity index (χ1v) is 6.60. The smallest absolute Gasteiger partial charge is 0.284 e. The number of nitrogens with one attached hydrogen (secondary N) is 1. The number of nitrogens with zero attached hydrogens (tertiary/aromatic N) is 2. The Kier molecular flexibility index (Phi) is 4.49. The Bertz CT molecular complexity index is 724. The third-order valence-electron chi connectivity index (χ3n) is 2.65. The van der Waals surface area contributed by atoms with Crippen LogP contribution in [0.1, 0.15) is 21.7 Å². The summed E-state index contributed by atoms with van der Waals surface area (Å²) in [7, 11) is 0. The van der Waals surface area contributed by atoms with E-state index in [4.69, 9.17) is 4.42 Å². The average Bonchev–Trinajstić information content (AvgIpc) is 2.86. The molecule has 0 radical (unpaired) electrons. The summed E-state index contributed by atoms with van der Waals surface area (Å²) in [5, 5.41) is 14.6. The molecule has 0 aliphatic heterocycles. The van der Waals surface area contributed by atoms with Crippen molar-refractivity contribution >= 4 is 33.7 Å². The zero-order valence-electron chi connectivity index (χ0n) is 10.9. The first kappa shape index (κ1) is 14.9. The molecular formula is C13H10BrN3O4. The van der Waals surface area contributed by atoms with Crippen molar-refractivity contribution in [2.24, 2.45) is 5.10 Å². The second kappa shape index (κ2) is 6.31. The van der Waals surface area contributed by atoms with Gasteiger partial charge in [0.2, 0.25) is 0 Å². The highest BCUT2D eigenvalue weighted by Crippen LogP contribution is 2.24. The molecule has 7 nitrogen and oxygen atoms in total. The highest BCUT2D eigenvalue weighted by molar-refractivity contribution is 9.10. The van der Waals surface area contributed by atoms with Gasteiger partial charge in [-0.25, -0.2) is 5.43 Å². The first-order chi connectivity index (χ1) is 9.99. The van der Waals surface area contributed by atoms with E-state index in [2.05, 4.69) is 26.5 Å². The number of halogens is 1. The monoisotopic (exact) mass is 351 g/mol. The highest BCUT2D eigenvalue weighted by atomic mass is 79.9. The molecule has 0 bridgehead atoms. The van der Waals surface area contributed by atoms with Crippen LogP contribution in [0.3, 0.4) is 0 Å². The topological polar surface area (TPSA) is 97.7 Å². The Morgan fingerprint density at radius 1 is 1.48 bits per heavy atom. The van der Waals surface area contributed by atoms with Gasteiger partial charge < -0.3 is 4.42 Å². The van der Waals surface area contributed by atoms with Crippen molar-refractivity contribution in [1.29, 1.82) is 0 Å². The lowest BCUT2D eigenvalue weighted by molar-refractivity contribution is -0.385. The zero-order chi connectivity index (χ0) is 15.4. The SMILES string of the molecule is Cc1occc1C(=O)NN=Cc1ccc(Br)c([N+](=O)[O-])c1. The summed E-state index contributed by atoms with van der Waals surface area (Å²) in [4.78, 5) is 22.0. The van der Waals surface area contributed by atoms with E-state index in [-0.39, 0.29) is 5.69 Å². The molecule has 1 heterocycles. The minimum absolute atomic E-state index is 0.0732. The van der Waals surface area contributed by atoms with Gasteiger partial charge in [0, 0.05) is 11.6 Å². The molecule has 1 N–H and O–H groups in total. The van der Waals surface area contributed by atoms with Crippen LogP contribution in [0.15, 0.2) is 44.5 Å². The lowest BCUT2D eigenvalue weighted by atomic mass is 10.2. The predicted molar refractivity (Wildman–Crippen MR) is 79.3 cm³/mol. The zero-order valence-corrected chi connectivity index (χ0v) is 12.5. The van der Waals surface area contributed by atoms with Crippen molar-refractivity contribution in [3.8, 4) is 0 Å². The molecule has 0 atom stereocenters. The van der Waals surface area contributed by atoms with Gasteiger partial charge in [-0.15, -0.1) is 0 Å². The van der Waals surface area contributed by atoms with Gasteiger partial charge in [0.25, 0.3) is 11.6 Å². The van der Waals surface area contributed by atoms with Crippen molar-refractivity contribution in [2.45, 2.75) is 6.92 Å². The quantitative estimate of drug-likeness (QED) is 0.519. The molecule has 0 unspecified atom stereocenters. The Morgan fingerprint density at radius 3 is 2.86 bits per heavy atom. The van der Waals surface area contributed by atoms with Crippen LogP contribution in [0.25, 0.3) is 0 Å². The maximum absolute atomic E-state index is 11.7. The van der Waals surface area contributed by atoms with E-state index in [1.807, 2.05) is 0 Å². The summed E-state index contributed by atoms with van der Waals surface area (Å²) in [6, 6.07) is 6.06. The molecule has 8 heteroatoms. The number of nitro benzene ring substituents is 1. The molecule has 0 saturated carbocycles. The van der Waals surface area contributed by atoms with Crippen molar-refractivity contribution in [1.82, 2.24) is 5.43 Å². The number of carbonyl (C=O) groups excluding carboxylic acids is 1. The number of hydrogen-bond donors (Lipinski definition) is 1. The van der Waals surface area contributed by atoms with Crippen molar-refractivity contribution in [3.05, 3.63) is 62.0 Å². The molecule has 2 aromatic rings. The highest BCUT2D eigenvalue weighted by Gasteiger charge is 2.12. The van der Waals surface area contributed by atoms with Gasteiger partial charge in [-0.1, -0.05) is 6.07 Å². The molecule has 0 saturated heterocycles. The van der Waals surface area contributed by atoms with Crippen LogP contribution in [-0.2, 0) is 0 Å². The fourth-order valence-corrected chi connectivity index (χ4v) is 1.99. The number of rotatable bonds is 4. The number of benzene rings is 1. The number of hydrogen-bond acceptors (Lipinski definition) is 5. The summed E-state index contributed by atoms with van der Waals surface area (Å²) >= 11 is 3.09. The second-order valence-corrected chi connectivity index (χ2v) is 4.91. The molecule has 0 spiro atoms. The average molecular weight is 352 g/mol. The molecule has 108 valence electrons. The van der Waals surface area contributed by atoms with Crippen LogP contribution in [-0.4, -0.2) is 17.0 Å². The number of nitro groups is 1. The number of hydrazone groups is 1. The lowest BCUT2D eigenvalue weighted by Gasteiger charge is -1.99. The summed E-state index contributed by atoms with van der Waals surface area (Å²) in [5.41, 5.74) is 3.13. The molecule has 0 fully saturated rings. The van der Waals surface area contributed by atoms with Gasteiger partial charge >= 0.3 is 0 Å². The maximum Gasteiger partial charge on any atom is 0.284 e. The minimum Gasteiger partial charge on any atom is -0.469 e. The third-order valence-corrected chi connectivity index (χ3v) is 3.32. The van der Waals surface area contributed by atoms with Crippen LogP contribution in [0.4, 0.5) is 5.69 Å². The first-order valence-electron chi connectivity index (χ1n) is 5.80. The van der Waals surface area contributed by atoms with Crippen molar-refractivity contribution in [2.75, 3.05) is 0 Å². The van der Waals surface area contributed by atoms with E-state index in [9.17, 15) is 14.9 Å². The molecule has 2 rings (SSSR count). The van der Waals surface area contributed by atoms with Crippen LogP contribution in [0.5, 0.6) is 0 Å². The molecule has 0 aliphatic carbocycles. The summed E-state index contributed by atoms with van der Waals surface area (Å²) in [6.45, 7) is 1.66. The van der Waals surface area contributed by atoms with E-state index in [1.54, 1.807) is 19.1 Å². The van der Waals surface area contributed by atoms with E-state index < -0.39 is 10.8 Å². The molecule has 21 heavy (non-hydrogen) atoms. The van der Waals surface area contributed by atoms with Gasteiger partial charge in [0.1, 0.15) is 5.76 Å². The second-order valence-electron chi connectivity index (χ2n) is 4.06. The summed E-state index contributed by atoms with van der Waals surface area (Å²) < 4.78 is 5.39. The van der Waals surface area contributed by atoms with Gasteiger partial charge in [0.15, 0.2) is 0 Å². The normalized spacial score (nSPS) is 10.8. The molecule has 1 amide bonds. The van der Waals surface area contributed by atoms with E-state index in [1.165, 1.54) is 24.6 Å². The van der Waals surface area contributed by atoms with Crippen LogP contribution < -0.4 is 5.43 Å². The Labute approximate surface area is 127 Å². The Hall–Kier alpha value is -2.48. The largest absolute Gasteiger partial charge is 0.469 e. The van der Waals surface area contributed by atoms with Gasteiger partial charge in [-0.2, -0.15) is 5.10 Å². The number of aryl methyl sites for hydroxylation is 1. The number of amides is 1. The van der Waals surface area contributed by atoms with E-state index in [0.29, 0.717) is 21.4 Å². The van der Waals surface area contributed by atoms with E-state index >= 15 is 0 Å². The molecule has 1 aromatic heterocycles. The van der Waals surface area contributed by atoms with Crippen molar-refractivity contribution < 1.29 is 14.1 Å². The third kappa shape index (κ3) is 3.54. The number of furan rings is 1. The Morgan fingerprint density at radius 2 is 2.24 bits per heavy atom. The summed E-state index contributed by atoms with van der Waals surface area (Å²) in [6.07, 6.45) is 2.73. The fraction of sp³-hybridized carbons (Fsp3) is 0.0769. The fourth-order valence-electron chi connectivity index (χ4n) is 1.60. The van der Waals surface area contributed by atoms with E-state index in [0.717, 1.165) is 0 Å². The minimum atomic E-state index is -0.505. The molecule has 0 aliphatic rings. The van der Waals surface area contributed by atoms with Crippen LogP contribution in [0, 0.1) is 17.0 Å². The predicted octanol–water partition coefficient (Wildman–Crippen LogP) is 3.02. The van der Waals surface area contributed by atoms with Gasteiger partial charge in [-0.3, -0.25) is 14.9 Å². The van der Waals surface area contributed by atoms with Crippen LogP contribution >= 0.6 is 15.9 Å². The molecular weight excluding hydrogens is 342 g/mol. The van der Waals surface area contributed by atoms with Crippen LogP contribution in [0.2, 0.25) is 0 Å². The standard InChI is InChI=1S/C13H10BrN3O4/c1-8-10(4-5-21-8)13(18)16-15-7-9-2-3-11(14)12(6-9)17(19)20/h2-7H,1H3,(H,16,18). The van der Waals surface area contributed by atoms with Crippen molar-refractivity contribution in [3.63, 3.8) is 0 Å². The Balaban J connectivity index is 2.08. The molecule has 1 aromatic carbocycles.